The molecule has 1 heterocycles. The second-order valence-electron chi connectivity index (χ2n) is 6.73. The number of hydrogen-bond donors (Lipinski definition) is 0. The monoisotopic (exact) mass is 395 g/mol. The Morgan fingerprint density at radius 3 is 2.46 bits per heavy atom. The number of hydrogen-bond acceptors (Lipinski definition) is 4. The molecule has 0 saturated carbocycles. The third-order valence-corrected chi connectivity index (χ3v) is 4.47. The highest BCUT2D eigenvalue weighted by atomic mass is 19.4. The zero-order chi connectivity index (χ0) is 20.6. The number of aryl methyl sites for hydroxylation is 1. The fourth-order valence-electron chi connectivity index (χ4n) is 3.01. The van der Waals surface area contributed by atoms with Crippen molar-refractivity contribution >= 4 is 11.5 Å². The Kier molecular flexibility index (Phi) is 8.08. The molecule has 154 valence electrons. The molecule has 0 N–H and O–H groups in total. The molecule has 0 aliphatic carbocycles. The number of para-hydroxylation sites is 1. The molecule has 2 aromatic rings. The van der Waals surface area contributed by atoms with E-state index < -0.39 is 11.7 Å². The van der Waals surface area contributed by atoms with E-state index in [1.54, 1.807) is 13.1 Å². The average molecular weight is 395 g/mol. The van der Waals surface area contributed by atoms with Gasteiger partial charge in [0.15, 0.2) is 5.82 Å². The van der Waals surface area contributed by atoms with E-state index in [1.807, 2.05) is 25.1 Å². The number of rotatable bonds is 10. The lowest BCUT2D eigenvalue weighted by Crippen LogP contribution is -2.20. The van der Waals surface area contributed by atoms with Crippen LogP contribution in [0, 0.1) is 0 Å². The van der Waals surface area contributed by atoms with Crippen LogP contribution in [0.4, 0.5) is 24.7 Å². The summed E-state index contributed by atoms with van der Waals surface area (Å²) in [5, 5.41) is 0. The summed E-state index contributed by atoms with van der Waals surface area (Å²) in [7, 11) is 1.59. The van der Waals surface area contributed by atoms with Crippen LogP contribution >= 0.6 is 0 Å². The Hall–Kier alpha value is -2.31. The van der Waals surface area contributed by atoms with Gasteiger partial charge in [-0.3, -0.25) is 0 Å². The number of halogens is 3. The van der Waals surface area contributed by atoms with Gasteiger partial charge >= 0.3 is 12.2 Å². The largest absolute Gasteiger partial charge is 0.463 e. The number of unbranched alkanes of at least 4 members (excludes halogenated alkanes) is 3. The van der Waals surface area contributed by atoms with Crippen LogP contribution in [-0.4, -0.2) is 23.6 Å². The van der Waals surface area contributed by atoms with E-state index in [1.165, 1.54) is 4.90 Å². The summed E-state index contributed by atoms with van der Waals surface area (Å²) >= 11 is 0. The van der Waals surface area contributed by atoms with E-state index in [2.05, 4.69) is 16.9 Å². The first kappa shape index (κ1) is 22.0. The summed E-state index contributed by atoms with van der Waals surface area (Å²) in [6.07, 6.45) is 1.95. The molecular weight excluding hydrogens is 367 g/mol. The van der Waals surface area contributed by atoms with Crippen molar-refractivity contribution in [2.45, 2.75) is 58.5 Å². The third-order valence-electron chi connectivity index (χ3n) is 4.47. The fourth-order valence-corrected chi connectivity index (χ4v) is 3.01. The highest BCUT2D eigenvalue weighted by Gasteiger charge is 2.37. The molecular formula is C21H28F3N3O. The van der Waals surface area contributed by atoms with E-state index in [0.717, 1.165) is 50.3 Å². The number of nitrogens with zero attached hydrogens (tertiary/aromatic N) is 3. The summed E-state index contributed by atoms with van der Waals surface area (Å²) in [6.45, 7) is 4.53. The number of anilines is 2. The van der Waals surface area contributed by atoms with Crippen molar-refractivity contribution in [2.75, 3.05) is 18.6 Å². The smallest absolute Gasteiger partial charge is 0.421 e. The van der Waals surface area contributed by atoms with Crippen LogP contribution in [0.1, 0.15) is 57.1 Å². The van der Waals surface area contributed by atoms with Crippen molar-refractivity contribution in [3.8, 4) is 6.01 Å². The van der Waals surface area contributed by atoms with Gasteiger partial charge in [-0.2, -0.15) is 18.2 Å². The normalized spacial score (nSPS) is 11.5. The summed E-state index contributed by atoms with van der Waals surface area (Å²) in [5.41, 5.74) is 0.795. The Balaban J connectivity index is 2.32. The molecule has 0 aliphatic heterocycles. The van der Waals surface area contributed by atoms with Gasteiger partial charge in [0.1, 0.15) is 5.56 Å². The van der Waals surface area contributed by atoms with Gasteiger partial charge in [-0.05, 0) is 24.5 Å². The topological polar surface area (TPSA) is 38.2 Å². The van der Waals surface area contributed by atoms with Gasteiger partial charge in [-0.1, -0.05) is 57.7 Å². The Labute approximate surface area is 164 Å². The number of aromatic nitrogens is 2. The molecule has 7 heteroatoms. The van der Waals surface area contributed by atoms with E-state index in [4.69, 9.17) is 4.74 Å². The summed E-state index contributed by atoms with van der Waals surface area (Å²) in [4.78, 5) is 9.36. The standard InChI is InChI=1S/C21H28F3N3O/c1-4-6-7-10-14-28-20-25-15-17(21(22,23)24)19(26-20)27(3)18-13-9-8-12-16(18)11-5-2/h8-9,12-13,15H,4-7,10-11,14H2,1-3H3. The minimum Gasteiger partial charge on any atom is -0.463 e. The van der Waals surface area contributed by atoms with Crippen LogP contribution in [0.3, 0.4) is 0 Å². The highest BCUT2D eigenvalue weighted by molar-refractivity contribution is 5.66. The molecule has 4 nitrogen and oxygen atoms in total. The van der Waals surface area contributed by atoms with Crippen LogP contribution in [0.2, 0.25) is 0 Å². The van der Waals surface area contributed by atoms with Crippen LogP contribution in [-0.2, 0) is 12.6 Å². The molecule has 28 heavy (non-hydrogen) atoms. The minimum absolute atomic E-state index is 0.0284. The van der Waals surface area contributed by atoms with Gasteiger partial charge < -0.3 is 9.64 Å². The predicted octanol–water partition coefficient (Wildman–Crippen LogP) is 6.17. The van der Waals surface area contributed by atoms with E-state index in [-0.39, 0.29) is 11.8 Å². The quantitative estimate of drug-likeness (QED) is 0.451. The highest BCUT2D eigenvalue weighted by Crippen LogP contribution is 2.38. The zero-order valence-electron chi connectivity index (χ0n) is 16.7. The van der Waals surface area contributed by atoms with Crippen LogP contribution in [0.15, 0.2) is 30.5 Å². The van der Waals surface area contributed by atoms with Crippen molar-refractivity contribution in [2.24, 2.45) is 0 Å². The van der Waals surface area contributed by atoms with Crippen LogP contribution in [0.25, 0.3) is 0 Å². The van der Waals surface area contributed by atoms with Crippen LogP contribution < -0.4 is 9.64 Å². The first-order chi connectivity index (χ1) is 13.4. The molecule has 0 aliphatic rings. The molecule has 0 bridgehead atoms. The fraction of sp³-hybridized carbons (Fsp3) is 0.524. The van der Waals surface area contributed by atoms with Crippen molar-refractivity contribution < 1.29 is 17.9 Å². The third kappa shape index (κ3) is 5.84. The molecule has 0 atom stereocenters. The second kappa shape index (κ2) is 10.3. The van der Waals surface area contributed by atoms with E-state index in [0.29, 0.717) is 12.3 Å². The molecule has 1 aromatic heterocycles. The van der Waals surface area contributed by atoms with Gasteiger partial charge in [-0.25, -0.2) is 4.98 Å². The number of ether oxygens (including phenoxy) is 1. The number of alkyl halides is 3. The number of benzene rings is 1. The van der Waals surface area contributed by atoms with Gasteiger partial charge in [0.2, 0.25) is 0 Å². The minimum atomic E-state index is -4.55. The first-order valence-electron chi connectivity index (χ1n) is 9.77. The molecule has 0 fully saturated rings. The van der Waals surface area contributed by atoms with Crippen molar-refractivity contribution in [1.82, 2.24) is 9.97 Å². The average Bonchev–Trinajstić information content (AvgIpc) is 2.67. The molecule has 0 radical (unpaired) electrons. The summed E-state index contributed by atoms with van der Waals surface area (Å²) in [6, 6.07) is 7.40. The predicted molar refractivity (Wildman–Crippen MR) is 105 cm³/mol. The molecule has 2 rings (SSSR count). The second-order valence-corrected chi connectivity index (χ2v) is 6.73. The maximum atomic E-state index is 13.5. The lowest BCUT2D eigenvalue weighted by atomic mass is 10.1. The summed E-state index contributed by atoms with van der Waals surface area (Å²) in [5.74, 6) is -0.199. The lowest BCUT2D eigenvalue weighted by Gasteiger charge is -2.24. The van der Waals surface area contributed by atoms with E-state index >= 15 is 0 Å². The van der Waals surface area contributed by atoms with Gasteiger partial charge in [0, 0.05) is 18.9 Å². The Bertz CT molecular complexity index is 750. The van der Waals surface area contributed by atoms with E-state index in [9.17, 15) is 13.2 Å². The molecule has 0 saturated heterocycles. The summed E-state index contributed by atoms with van der Waals surface area (Å²) < 4.78 is 46.2. The molecule has 0 unspecified atom stereocenters. The maximum Gasteiger partial charge on any atom is 0.421 e. The Morgan fingerprint density at radius 2 is 1.79 bits per heavy atom. The van der Waals surface area contributed by atoms with Gasteiger partial charge in [0.25, 0.3) is 0 Å². The van der Waals surface area contributed by atoms with Crippen molar-refractivity contribution in [3.05, 3.63) is 41.6 Å². The van der Waals surface area contributed by atoms with Crippen LogP contribution in [0.5, 0.6) is 6.01 Å². The first-order valence-corrected chi connectivity index (χ1v) is 9.77. The SMILES string of the molecule is CCCCCCOc1ncc(C(F)(F)F)c(N(C)c2ccccc2CCC)n1. The van der Waals surface area contributed by atoms with Crippen molar-refractivity contribution in [1.29, 1.82) is 0 Å². The molecule has 0 amide bonds. The van der Waals surface area contributed by atoms with Gasteiger partial charge in [-0.15, -0.1) is 0 Å². The molecule has 1 aromatic carbocycles. The lowest BCUT2D eigenvalue weighted by molar-refractivity contribution is -0.137. The zero-order valence-corrected chi connectivity index (χ0v) is 16.7. The van der Waals surface area contributed by atoms with Gasteiger partial charge in [0.05, 0.1) is 6.61 Å². The molecule has 0 spiro atoms. The Morgan fingerprint density at radius 1 is 1.04 bits per heavy atom. The maximum absolute atomic E-state index is 13.5. The van der Waals surface area contributed by atoms with Crippen molar-refractivity contribution in [3.63, 3.8) is 0 Å².